The molecule has 1 aromatic heterocycles. The summed E-state index contributed by atoms with van der Waals surface area (Å²) in [4.78, 5) is 12.6. The summed E-state index contributed by atoms with van der Waals surface area (Å²) in [5, 5.41) is 0. The van der Waals surface area contributed by atoms with Crippen LogP contribution in [-0.2, 0) is 11.2 Å². The molecule has 0 unspecified atom stereocenters. The molecule has 0 spiro atoms. The minimum Gasteiger partial charge on any atom is -0.367 e. The second-order valence-corrected chi connectivity index (χ2v) is 1.54. The summed E-state index contributed by atoms with van der Waals surface area (Å²) < 4.78 is 0. The topological polar surface area (TPSA) is 32.9 Å². The average Bonchev–Trinajstić information content (AvgIpc) is 2.19. The van der Waals surface area contributed by atoms with Gasteiger partial charge in [0, 0.05) is 18.8 Å². The number of aromatic nitrogens is 1. The van der Waals surface area contributed by atoms with Gasteiger partial charge in [-0.25, -0.2) is 0 Å². The summed E-state index contributed by atoms with van der Waals surface area (Å²) in [7, 11) is 0. The van der Waals surface area contributed by atoms with Gasteiger partial charge in [-0.2, -0.15) is 0 Å². The molecule has 8 heavy (non-hydrogen) atoms. The lowest BCUT2D eigenvalue weighted by atomic mass is 10.3. The maximum absolute atomic E-state index is 9.73. The molecule has 1 heterocycles. The minimum absolute atomic E-state index is 0.392. The molecule has 0 saturated carbocycles. The van der Waals surface area contributed by atoms with Gasteiger partial charge in [-0.05, 0) is 11.6 Å². The lowest BCUT2D eigenvalue weighted by molar-refractivity contribution is 0.555. The average molecular weight is 108 g/mol. The Hall–Kier alpha value is -1.05. The summed E-state index contributed by atoms with van der Waals surface area (Å²) in [5.74, 6) is 0. The molecular weight excluding hydrogens is 102 g/mol. The van der Waals surface area contributed by atoms with Crippen molar-refractivity contribution in [1.29, 1.82) is 0 Å². The molecule has 1 N–H and O–H groups in total. The van der Waals surface area contributed by atoms with Crippen LogP contribution in [0.4, 0.5) is 0 Å². The number of aromatic amines is 1. The maximum atomic E-state index is 9.73. The molecule has 2 nitrogen and oxygen atoms in total. The SMILES string of the molecule is O=[C]Cc1cc[nH]c1. The Morgan fingerprint density at radius 3 is 3.12 bits per heavy atom. The van der Waals surface area contributed by atoms with Crippen LogP contribution >= 0.6 is 0 Å². The van der Waals surface area contributed by atoms with Gasteiger partial charge in [0.25, 0.3) is 0 Å². The quantitative estimate of drug-likeness (QED) is 0.593. The highest BCUT2D eigenvalue weighted by Crippen LogP contribution is 1.93. The Morgan fingerprint density at radius 1 is 1.75 bits per heavy atom. The van der Waals surface area contributed by atoms with Crippen LogP contribution in [0.3, 0.4) is 0 Å². The van der Waals surface area contributed by atoms with Crippen molar-refractivity contribution >= 4 is 6.29 Å². The van der Waals surface area contributed by atoms with Crippen LogP contribution in [0.1, 0.15) is 5.56 Å². The van der Waals surface area contributed by atoms with Crippen LogP contribution in [-0.4, -0.2) is 11.3 Å². The Bertz CT molecular complexity index is 155. The zero-order valence-electron chi connectivity index (χ0n) is 4.35. The molecule has 0 atom stereocenters. The monoisotopic (exact) mass is 108 g/mol. The standard InChI is InChI=1S/C6H6NO/c8-4-2-6-1-3-7-5-6/h1,3,5,7H,2H2. The molecule has 0 bridgehead atoms. The van der Waals surface area contributed by atoms with Crippen LogP contribution in [0.5, 0.6) is 0 Å². The lowest BCUT2D eigenvalue weighted by Crippen LogP contribution is -1.78. The zero-order chi connectivity index (χ0) is 5.82. The van der Waals surface area contributed by atoms with E-state index in [-0.39, 0.29) is 0 Å². The zero-order valence-corrected chi connectivity index (χ0v) is 4.35. The molecule has 0 saturated heterocycles. The lowest BCUT2D eigenvalue weighted by Gasteiger charge is -1.77. The molecule has 0 aliphatic heterocycles. The number of carbonyl (C=O) groups excluding carboxylic acids is 1. The molecule has 41 valence electrons. The summed E-state index contributed by atoms with van der Waals surface area (Å²) >= 11 is 0. The fourth-order valence-electron chi connectivity index (χ4n) is 0.552. The Labute approximate surface area is 47.5 Å². The normalized spacial score (nSPS) is 9.00. The maximum Gasteiger partial charge on any atom is 0.203 e. The van der Waals surface area contributed by atoms with Gasteiger partial charge in [-0.3, -0.25) is 4.79 Å². The molecular formula is C6H6NO. The van der Waals surface area contributed by atoms with Crippen LogP contribution in [0, 0.1) is 0 Å². The number of rotatable bonds is 2. The molecule has 0 amide bonds. The van der Waals surface area contributed by atoms with E-state index in [0.29, 0.717) is 6.42 Å². The molecule has 0 aliphatic rings. The minimum atomic E-state index is 0.392. The largest absolute Gasteiger partial charge is 0.367 e. The van der Waals surface area contributed by atoms with E-state index in [2.05, 4.69) is 4.98 Å². The van der Waals surface area contributed by atoms with Crippen molar-refractivity contribution in [2.75, 3.05) is 0 Å². The first-order valence-corrected chi connectivity index (χ1v) is 2.40. The van der Waals surface area contributed by atoms with Crippen molar-refractivity contribution in [3.8, 4) is 0 Å². The third-order valence-corrected chi connectivity index (χ3v) is 0.939. The van der Waals surface area contributed by atoms with E-state index in [1.54, 1.807) is 18.7 Å². The number of hydrogen-bond donors (Lipinski definition) is 1. The van der Waals surface area contributed by atoms with E-state index < -0.39 is 0 Å². The predicted octanol–water partition coefficient (Wildman–Crippen LogP) is 0.667. The smallest absolute Gasteiger partial charge is 0.203 e. The van der Waals surface area contributed by atoms with Crippen LogP contribution in [0.15, 0.2) is 18.5 Å². The Kier molecular flexibility index (Phi) is 1.47. The summed E-state index contributed by atoms with van der Waals surface area (Å²) in [6.07, 6.45) is 5.76. The van der Waals surface area contributed by atoms with Crippen LogP contribution in [0.2, 0.25) is 0 Å². The third kappa shape index (κ3) is 0.964. The molecule has 1 radical (unpaired) electrons. The van der Waals surface area contributed by atoms with Crippen molar-refractivity contribution in [3.63, 3.8) is 0 Å². The van der Waals surface area contributed by atoms with Crippen molar-refractivity contribution in [2.24, 2.45) is 0 Å². The number of H-pyrrole nitrogens is 1. The molecule has 0 aliphatic carbocycles. The fraction of sp³-hybridized carbons (Fsp3) is 0.167. The van der Waals surface area contributed by atoms with E-state index in [1.165, 1.54) is 0 Å². The van der Waals surface area contributed by atoms with E-state index in [4.69, 9.17) is 0 Å². The summed E-state index contributed by atoms with van der Waals surface area (Å²) in [5.41, 5.74) is 0.986. The third-order valence-electron chi connectivity index (χ3n) is 0.939. The number of nitrogens with one attached hydrogen (secondary N) is 1. The molecule has 2 heteroatoms. The van der Waals surface area contributed by atoms with Gasteiger partial charge in [-0.1, -0.05) is 0 Å². The first kappa shape index (κ1) is 5.09. The van der Waals surface area contributed by atoms with Gasteiger partial charge >= 0.3 is 0 Å². The molecule has 0 fully saturated rings. The first-order chi connectivity index (χ1) is 3.93. The van der Waals surface area contributed by atoms with Gasteiger partial charge in [-0.15, -0.1) is 0 Å². The summed E-state index contributed by atoms with van der Waals surface area (Å²) in [6.45, 7) is 0. The highest BCUT2D eigenvalue weighted by Gasteiger charge is 1.87. The van der Waals surface area contributed by atoms with Crippen molar-refractivity contribution in [1.82, 2.24) is 4.98 Å². The van der Waals surface area contributed by atoms with Gasteiger partial charge in [0.15, 0.2) is 0 Å². The van der Waals surface area contributed by atoms with Crippen LogP contribution in [0.25, 0.3) is 0 Å². The van der Waals surface area contributed by atoms with E-state index >= 15 is 0 Å². The van der Waals surface area contributed by atoms with Gasteiger partial charge in [0.05, 0.1) is 0 Å². The van der Waals surface area contributed by atoms with Gasteiger partial charge in [0.2, 0.25) is 6.29 Å². The van der Waals surface area contributed by atoms with E-state index in [1.807, 2.05) is 6.07 Å². The van der Waals surface area contributed by atoms with E-state index in [9.17, 15) is 4.79 Å². The molecule has 0 aromatic carbocycles. The van der Waals surface area contributed by atoms with Gasteiger partial charge < -0.3 is 4.98 Å². The fourth-order valence-corrected chi connectivity index (χ4v) is 0.552. The van der Waals surface area contributed by atoms with Crippen molar-refractivity contribution in [2.45, 2.75) is 6.42 Å². The van der Waals surface area contributed by atoms with Gasteiger partial charge in [0.1, 0.15) is 0 Å². The summed E-state index contributed by atoms with van der Waals surface area (Å²) in [6, 6.07) is 1.85. The highest BCUT2D eigenvalue weighted by molar-refractivity contribution is 5.55. The molecule has 1 rings (SSSR count). The highest BCUT2D eigenvalue weighted by atomic mass is 16.1. The van der Waals surface area contributed by atoms with Crippen molar-refractivity contribution < 1.29 is 4.79 Å². The van der Waals surface area contributed by atoms with Crippen LogP contribution < -0.4 is 0 Å². The Morgan fingerprint density at radius 2 is 2.62 bits per heavy atom. The molecule has 1 aromatic rings. The van der Waals surface area contributed by atoms with E-state index in [0.717, 1.165) is 5.56 Å². The first-order valence-electron chi connectivity index (χ1n) is 2.40. The van der Waals surface area contributed by atoms with Crippen molar-refractivity contribution in [3.05, 3.63) is 24.0 Å². The Balaban J connectivity index is 2.62. The number of hydrogen-bond acceptors (Lipinski definition) is 1. The second-order valence-electron chi connectivity index (χ2n) is 1.54. The second kappa shape index (κ2) is 2.31. The predicted molar refractivity (Wildman–Crippen MR) is 30.2 cm³/mol.